The number of carboxylic acids is 4. The van der Waals surface area contributed by atoms with Crippen molar-refractivity contribution in [3.8, 4) is 0 Å². The quantitative estimate of drug-likeness (QED) is 0.0384. The van der Waals surface area contributed by atoms with E-state index in [0.717, 1.165) is 28.3 Å². The van der Waals surface area contributed by atoms with E-state index in [4.69, 9.17) is 6.52 Å². The Morgan fingerprint density at radius 1 is 0.605 bits per heavy atom. The minimum atomic E-state index is -1.55. The van der Waals surface area contributed by atoms with Crippen molar-refractivity contribution in [2.75, 3.05) is 19.6 Å². The molecule has 0 spiro atoms. The summed E-state index contributed by atoms with van der Waals surface area (Å²) in [5, 5.41) is 54.5. The minimum absolute atomic E-state index is 0.0102. The van der Waals surface area contributed by atoms with E-state index in [-0.39, 0.29) is 75.3 Å². The molecule has 6 amide bonds. The largest absolute Gasteiger partial charge is 0.481 e. The molecule has 1 aliphatic carbocycles. The molecule has 21 nitrogen and oxygen atoms in total. The van der Waals surface area contributed by atoms with Crippen LogP contribution >= 0.6 is 0 Å². The van der Waals surface area contributed by atoms with Gasteiger partial charge < -0.3 is 58.1 Å². The Morgan fingerprint density at radius 3 is 1.86 bits per heavy atom. The standard InChI is InChI=1S/C55H75N7O14/c1-32(2)26-34-11-16-37(17-12-34)33(3)49(68)60-45(30-48(66)67)52(71)58-25-23-42(56)51(70)59-31-35-13-19-39(20-14-35)46(63)29-41(28-36-15-18-38-8-4-5-9-40(38)27-36)50(69)57-24-7-6-10-43(53(72)73)61-55(76)62-44(54(74)75)21-22-47(64)65/h4-5,8-9,11-12,15-18,27,32-33,35,39,41-45H,6-7,10,13-14,19-26,28-31,56H2,1-3H3,(H,57,69)(H,58,71)(H,59,70)(H,60,68)(H,64,65)(H,66,67)(H,72,73)(H,74,75)(H2,61,62,76)/i/hD. The number of urea groups is 1. The molecule has 0 bridgehead atoms. The van der Waals surface area contributed by atoms with Gasteiger partial charge >= 0.3 is 29.9 Å². The zero-order valence-electron chi connectivity index (χ0n) is 44.4. The van der Waals surface area contributed by atoms with Crippen LogP contribution in [0.3, 0.4) is 0 Å². The van der Waals surface area contributed by atoms with Gasteiger partial charge in [0, 0.05) is 44.3 Å². The van der Waals surface area contributed by atoms with Crippen molar-refractivity contribution in [2.24, 2.45) is 29.4 Å². The molecule has 0 aliphatic heterocycles. The van der Waals surface area contributed by atoms with Gasteiger partial charge in [0.1, 0.15) is 25.3 Å². The summed E-state index contributed by atoms with van der Waals surface area (Å²) in [6, 6.07) is 14.7. The maximum Gasteiger partial charge on any atom is 0.326 e. The van der Waals surface area contributed by atoms with Crippen molar-refractivity contribution in [3.05, 3.63) is 83.4 Å². The first-order chi connectivity index (χ1) is 36.6. The van der Waals surface area contributed by atoms with E-state index in [0.29, 0.717) is 43.6 Å². The first-order valence-electron chi connectivity index (χ1n) is 26.5. The minimum Gasteiger partial charge on any atom is -0.481 e. The predicted octanol–water partition coefficient (Wildman–Crippen LogP) is 4.03. The number of benzene rings is 3. The highest BCUT2D eigenvalue weighted by atomic mass is 16.4. The van der Waals surface area contributed by atoms with Gasteiger partial charge in [0.15, 0.2) is 0 Å². The third-order valence-electron chi connectivity index (χ3n) is 13.6. The van der Waals surface area contributed by atoms with Gasteiger partial charge in [-0.25, -0.2) is 14.4 Å². The number of carbonyl (C=O) groups is 10. The summed E-state index contributed by atoms with van der Waals surface area (Å²) in [6.45, 7) is 6.19. The number of carbonyl (C=O) groups excluding carboxylic acids is 6. The lowest BCUT2D eigenvalue weighted by Crippen LogP contribution is -2.51. The summed E-state index contributed by atoms with van der Waals surface area (Å²) in [5.41, 5.74) is 4.89. The predicted molar refractivity (Wildman–Crippen MR) is 281 cm³/mol. The molecule has 0 heterocycles. The number of aliphatic carboxylic acids is 4. The molecule has 3 aromatic carbocycles. The molecule has 21 heteroatoms. The molecule has 1 aliphatic rings. The molecule has 3 aromatic rings. The van der Waals surface area contributed by atoms with Gasteiger partial charge in [-0.2, -0.15) is 0 Å². The van der Waals surface area contributed by atoms with Gasteiger partial charge in [-0.1, -0.05) is 80.6 Å². The van der Waals surface area contributed by atoms with Crippen molar-refractivity contribution < 1.29 is 69.8 Å². The second-order valence-electron chi connectivity index (χ2n) is 20.2. The summed E-state index contributed by atoms with van der Waals surface area (Å²) in [6.07, 6.45) is 2.29. The number of Topliss-reactive ketones (excluding diaryl/α,β-unsaturated/α-hetero) is 1. The zero-order valence-corrected chi connectivity index (χ0v) is 43.4. The van der Waals surface area contributed by atoms with Crippen molar-refractivity contribution in [1.82, 2.24) is 31.9 Å². The Kier molecular flexibility index (Phi) is 24.1. The highest BCUT2D eigenvalue weighted by Gasteiger charge is 2.32. The fourth-order valence-electron chi connectivity index (χ4n) is 9.18. The normalized spacial score (nSPS) is 16.8. The van der Waals surface area contributed by atoms with Crippen LogP contribution in [-0.4, -0.2) is 124 Å². The van der Waals surface area contributed by atoms with E-state index in [1.54, 1.807) is 6.92 Å². The average molecular weight is 1060 g/mol. The van der Waals surface area contributed by atoms with Gasteiger partial charge in [0.05, 0.1) is 18.4 Å². The van der Waals surface area contributed by atoms with Crippen LogP contribution in [0.5, 0.6) is 0 Å². The highest BCUT2D eigenvalue weighted by Crippen LogP contribution is 2.31. The van der Waals surface area contributed by atoms with Gasteiger partial charge in [0.25, 0.3) is 0 Å². The number of ketones is 1. The van der Waals surface area contributed by atoms with Crippen molar-refractivity contribution in [2.45, 2.75) is 141 Å². The van der Waals surface area contributed by atoms with Crippen molar-refractivity contribution in [1.29, 1.82) is 0 Å². The van der Waals surface area contributed by atoms with E-state index >= 15 is 0 Å². The smallest absolute Gasteiger partial charge is 0.326 e. The van der Waals surface area contributed by atoms with E-state index in [9.17, 15) is 63.3 Å². The molecule has 76 heavy (non-hydrogen) atoms. The fourth-order valence-corrected chi connectivity index (χ4v) is 9.18. The van der Waals surface area contributed by atoms with Gasteiger partial charge in [-0.15, -0.1) is 0 Å². The fraction of sp³-hybridized carbons (Fsp3) is 0.527. The number of fused-ring (bicyclic) bond motifs is 1. The molecule has 0 aromatic heterocycles. The molecule has 1 saturated carbocycles. The van der Waals surface area contributed by atoms with Crippen molar-refractivity contribution in [3.63, 3.8) is 0 Å². The molecular formula is C55H75N7O14. The van der Waals surface area contributed by atoms with Crippen LogP contribution in [0.4, 0.5) is 4.79 Å². The number of nitrogens with one attached hydrogen (secondary N) is 6. The molecule has 6 unspecified atom stereocenters. The number of carboxylic acid groups (broad SMARTS) is 4. The monoisotopic (exact) mass is 1060 g/mol. The summed E-state index contributed by atoms with van der Waals surface area (Å²) in [7, 11) is 0. The lowest BCUT2D eigenvalue weighted by atomic mass is 9.77. The number of hydrogen-bond donors (Lipinski definition) is 11. The number of amides is 6. The Balaban J connectivity index is 1.25. The lowest BCUT2D eigenvalue weighted by Gasteiger charge is -2.29. The Morgan fingerprint density at radius 2 is 1.24 bits per heavy atom. The molecular weight excluding hydrogens is 983 g/mol. The molecule has 0 saturated heterocycles. The third-order valence-corrected chi connectivity index (χ3v) is 13.6. The van der Waals surface area contributed by atoms with Gasteiger partial charge in [-0.05, 0) is 117 Å². The number of unbranched alkanes of at least 4 members (excludes halogenated alkanes) is 1. The zero-order chi connectivity index (χ0) is 56.6. The Hall–Kier alpha value is -7.42. The first-order valence-corrected chi connectivity index (χ1v) is 26.0. The molecule has 414 valence electrons. The maximum absolute atomic E-state index is 13.9. The summed E-state index contributed by atoms with van der Waals surface area (Å²) >= 11 is 0. The van der Waals surface area contributed by atoms with Crippen LogP contribution in [0.25, 0.3) is 10.8 Å². The Labute approximate surface area is 443 Å². The highest BCUT2D eigenvalue weighted by molar-refractivity contribution is 5.93. The summed E-state index contributed by atoms with van der Waals surface area (Å²) in [5.74, 6) is -8.81. The van der Waals surface area contributed by atoms with E-state index in [1.807, 2.05) is 66.7 Å². The van der Waals surface area contributed by atoms with Crippen LogP contribution in [0.2, 0.25) is 1.41 Å². The second kappa shape index (κ2) is 30.8. The van der Waals surface area contributed by atoms with Crippen LogP contribution in [-0.2, 0) is 56.0 Å². The molecule has 6 atom stereocenters. The van der Waals surface area contributed by atoms with Crippen LogP contribution in [0.1, 0.15) is 120 Å². The topological polar surface area (TPSA) is 350 Å². The number of hydrogen-bond acceptors (Lipinski definition) is 11. The third kappa shape index (κ3) is 21.1. The van der Waals surface area contributed by atoms with Crippen LogP contribution in [0, 0.1) is 23.7 Å². The molecule has 12 N–H and O–H groups in total. The van der Waals surface area contributed by atoms with Crippen LogP contribution in [0.15, 0.2) is 66.7 Å². The molecule has 0 radical (unpaired) electrons. The van der Waals surface area contributed by atoms with Crippen LogP contribution < -0.4 is 37.6 Å². The molecule has 4 rings (SSSR count). The lowest BCUT2D eigenvalue weighted by molar-refractivity contribution is -0.141. The summed E-state index contributed by atoms with van der Waals surface area (Å²) in [4.78, 5) is 125. The first kappa shape index (κ1) is 59.5. The second-order valence-corrected chi connectivity index (χ2v) is 20.2. The van der Waals surface area contributed by atoms with Crippen molar-refractivity contribution >= 4 is 70.1 Å². The van der Waals surface area contributed by atoms with E-state index in [2.05, 4.69) is 51.5 Å². The average Bonchev–Trinajstić information content (AvgIpc) is 3.38. The number of nitrogens with two attached hydrogens (primary N) is 1. The van der Waals surface area contributed by atoms with Gasteiger partial charge in [0.2, 0.25) is 23.6 Å². The maximum atomic E-state index is 13.9. The number of rotatable bonds is 33. The molecule has 1 fully saturated rings. The summed E-state index contributed by atoms with van der Waals surface area (Å²) < 4.78 is 7.78. The van der Waals surface area contributed by atoms with E-state index < -0.39 is 103 Å². The SMILES string of the molecule is [2H]NC(CCNC(=O)C(CC(=O)O)NC(=O)C(C)c1ccc(CC(C)C)cc1)C(=O)NCC1CCC(C(=O)CC(Cc2ccc3ccccc3c2)C(=O)NCCCCC(NC(=O)NC(CCC(=O)O)C(=O)O)C(=O)O)CC1. The van der Waals surface area contributed by atoms with E-state index in [1.165, 1.54) is 0 Å². The van der Waals surface area contributed by atoms with Gasteiger partial charge in [-0.3, -0.25) is 33.6 Å². The Bertz CT molecular complexity index is 2520.